The third-order valence-corrected chi connectivity index (χ3v) is 7.07. The molecule has 3 amide bonds. The summed E-state index contributed by atoms with van der Waals surface area (Å²) < 4.78 is 5.58. The van der Waals surface area contributed by atoms with Crippen molar-refractivity contribution in [3.63, 3.8) is 0 Å². The molecule has 2 saturated heterocycles. The molecule has 2 bridgehead atoms. The van der Waals surface area contributed by atoms with E-state index in [1.54, 1.807) is 0 Å². The van der Waals surface area contributed by atoms with Crippen LogP contribution in [0.5, 0.6) is 0 Å². The number of carbonyl (C=O) groups excluding carboxylic acids is 2. The van der Waals surface area contributed by atoms with E-state index in [0.717, 1.165) is 11.1 Å². The number of aliphatic carboxylic acids is 1. The van der Waals surface area contributed by atoms with Gasteiger partial charge < -0.3 is 14.7 Å². The van der Waals surface area contributed by atoms with Gasteiger partial charge in [0.25, 0.3) is 0 Å². The van der Waals surface area contributed by atoms with Gasteiger partial charge in [0.05, 0.1) is 23.5 Å². The van der Waals surface area contributed by atoms with E-state index >= 15 is 0 Å². The van der Waals surface area contributed by atoms with Crippen molar-refractivity contribution in [1.29, 1.82) is 0 Å². The standard InChI is InChI=1S/C29H29N3O5/c1-20-12-14-21(15-13-20)19-37-29(36)32-24-16-17-25(32)26(27(33)34)30(18-24)28(35)31(22-8-4-2-5-9-22)23-10-6-3-7-11-23/h2-15,24-26H,16-19H2,1H3,(H,33,34)/t24?,25-,26+/m1/s1. The van der Waals surface area contributed by atoms with Gasteiger partial charge in [-0.25, -0.2) is 14.4 Å². The molecule has 1 N–H and O–H groups in total. The molecule has 0 aliphatic carbocycles. The smallest absolute Gasteiger partial charge is 0.410 e. The summed E-state index contributed by atoms with van der Waals surface area (Å²) in [7, 11) is 0. The van der Waals surface area contributed by atoms with Crippen LogP contribution >= 0.6 is 0 Å². The minimum absolute atomic E-state index is 0.102. The highest BCUT2D eigenvalue weighted by Gasteiger charge is 2.54. The first-order chi connectivity index (χ1) is 17.9. The molecule has 8 nitrogen and oxygen atoms in total. The van der Waals surface area contributed by atoms with Crippen LogP contribution in [0.4, 0.5) is 21.0 Å². The van der Waals surface area contributed by atoms with E-state index in [1.165, 1.54) is 14.7 Å². The molecule has 8 heteroatoms. The van der Waals surface area contributed by atoms with E-state index < -0.39 is 30.2 Å². The maximum atomic E-state index is 14.0. The fourth-order valence-electron chi connectivity index (χ4n) is 5.29. The molecule has 2 heterocycles. The van der Waals surface area contributed by atoms with E-state index in [9.17, 15) is 19.5 Å². The highest BCUT2D eigenvalue weighted by atomic mass is 16.6. The fraction of sp³-hybridized carbons (Fsp3) is 0.276. The molecule has 2 fully saturated rings. The first kappa shape index (κ1) is 24.4. The lowest BCUT2D eigenvalue weighted by atomic mass is 10.0. The zero-order valence-electron chi connectivity index (χ0n) is 20.6. The highest BCUT2D eigenvalue weighted by molar-refractivity contribution is 6.01. The summed E-state index contributed by atoms with van der Waals surface area (Å²) in [6.45, 7) is 2.20. The van der Waals surface area contributed by atoms with E-state index in [1.807, 2.05) is 91.9 Å². The molecule has 3 atom stereocenters. The van der Waals surface area contributed by atoms with Crippen molar-refractivity contribution in [2.75, 3.05) is 11.4 Å². The maximum absolute atomic E-state index is 14.0. The van der Waals surface area contributed by atoms with Crippen LogP contribution in [0.3, 0.4) is 0 Å². The number of hydrogen-bond acceptors (Lipinski definition) is 4. The maximum Gasteiger partial charge on any atom is 0.410 e. The van der Waals surface area contributed by atoms with Gasteiger partial charge in [0.15, 0.2) is 6.04 Å². The molecular weight excluding hydrogens is 470 g/mol. The van der Waals surface area contributed by atoms with Crippen molar-refractivity contribution in [3.8, 4) is 0 Å². The first-order valence-electron chi connectivity index (χ1n) is 12.4. The van der Waals surface area contributed by atoms with Gasteiger partial charge in [-0.1, -0.05) is 66.2 Å². The van der Waals surface area contributed by atoms with Crippen molar-refractivity contribution in [3.05, 3.63) is 96.1 Å². The Hall–Kier alpha value is -4.33. The monoisotopic (exact) mass is 499 g/mol. The number of para-hydroxylation sites is 2. The molecule has 5 rings (SSSR count). The largest absolute Gasteiger partial charge is 0.480 e. The van der Waals surface area contributed by atoms with Crippen LogP contribution in [0.15, 0.2) is 84.9 Å². The minimum atomic E-state index is -1.19. The summed E-state index contributed by atoms with van der Waals surface area (Å²) in [5, 5.41) is 10.2. The molecule has 2 aliphatic heterocycles. The van der Waals surface area contributed by atoms with Crippen LogP contribution in [-0.4, -0.2) is 57.7 Å². The lowest BCUT2D eigenvalue weighted by Gasteiger charge is -2.45. The SMILES string of the molecule is Cc1ccc(COC(=O)N2C3CC[C@@H]2[C@@H](C(=O)O)N(C(=O)N(c2ccccc2)c2ccccc2)C3)cc1. The summed E-state index contributed by atoms with van der Waals surface area (Å²) in [5.41, 5.74) is 3.24. The third kappa shape index (κ3) is 4.87. The summed E-state index contributed by atoms with van der Waals surface area (Å²) in [6.07, 6.45) is 0.547. The van der Waals surface area contributed by atoms with Crippen LogP contribution in [0.25, 0.3) is 0 Å². The molecule has 0 aromatic heterocycles. The van der Waals surface area contributed by atoms with E-state index in [4.69, 9.17) is 4.74 Å². The molecule has 3 aromatic rings. The Bertz CT molecular complexity index is 1230. The third-order valence-electron chi connectivity index (χ3n) is 7.07. The van der Waals surface area contributed by atoms with Crippen molar-refractivity contribution < 1.29 is 24.2 Å². The second-order valence-corrected chi connectivity index (χ2v) is 9.47. The molecule has 190 valence electrons. The van der Waals surface area contributed by atoms with Gasteiger partial charge in [-0.2, -0.15) is 0 Å². The zero-order valence-corrected chi connectivity index (χ0v) is 20.6. The number of piperazine rings is 1. The molecule has 37 heavy (non-hydrogen) atoms. The highest BCUT2D eigenvalue weighted by Crippen LogP contribution is 2.37. The number of hydrogen-bond donors (Lipinski definition) is 1. The van der Waals surface area contributed by atoms with Crippen LogP contribution in [0.2, 0.25) is 0 Å². The van der Waals surface area contributed by atoms with Gasteiger partial charge in [-0.3, -0.25) is 9.80 Å². The quantitative estimate of drug-likeness (QED) is 0.522. The van der Waals surface area contributed by atoms with Crippen LogP contribution < -0.4 is 4.90 Å². The number of fused-ring (bicyclic) bond motifs is 2. The topological polar surface area (TPSA) is 90.4 Å². The Morgan fingerprint density at radius 3 is 2.05 bits per heavy atom. The van der Waals surface area contributed by atoms with Gasteiger partial charge in [0, 0.05) is 6.54 Å². The number of carbonyl (C=O) groups is 3. The summed E-state index contributed by atoms with van der Waals surface area (Å²) in [6, 6.07) is 23.4. The summed E-state index contributed by atoms with van der Waals surface area (Å²) in [4.78, 5) is 44.1. The molecule has 0 saturated carbocycles. The van der Waals surface area contributed by atoms with Crippen LogP contribution in [0, 0.1) is 6.92 Å². The molecule has 2 aliphatic rings. The predicted octanol–water partition coefficient (Wildman–Crippen LogP) is 5.19. The zero-order chi connectivity index (χ0) is 25.9. The normalized spacial score (nSPS) is 20.4. The molecule has 1 unspecified atom stereocenters. The number of aryl methyl sites for hydroxylation is 1. The van der Waals surface area contributed by atoms with Crippen molar-refractivity contribution in [2.24, 2.45) is 0 Å². The van der Waals surface area contributed by atoms with Crippen molar-refractivity contribution in [2.45, 2.75) is 44.5 Å². The minimum Gasteiger partial charge on any atom is -0.480 e. The average molecular weight is 500 g/mol. The average Bonchev–Trinajstić information content (AvgIpc) is 3.22. The molecular formula is C29H29N3O5. The van der Waals surface area contributed by atoms with Gasteiger partial charge in [0.2, 0.25) is 0 Å². The van der Waals surface area contributed by atoms with Crippen LogP contribution in [0.1, 0.15) is 24.0 Å². The number of urea groups is 1. The Morgan fingerprint density at radius 2 is 1.49 bits per heavy atom. The number of nitrogens with zero attached hydrogens (tertiary/aromatic N) is 3. The number of ether oxygens (including phenoxy) is 1. The lowest BCUT2D eigenvalue weighted by Crippen LogP contribution is -2.66. The number of carboxylic acid groups (broad SMARTS) is 1. The van der Waals surface area contributed by atoms with Crippen molar-refractivity contribution >= 4 is 29.5 Å². The van der Waals surface area contributed by atoms with Gasteiger partial charge in [-0.15, -0.1) is 0 Å². The van der Waals surface area contributed by atoms with E-state index in [0.29, 0.717) is 24.2 Å². The number of amides is 3. The molecule has 0 spiro atoms. The predicted molar refractivity (Wildman–Crippen MR) is 139 cm³/mol. The Morgan fingerprint density at radius 1 is 0.892 bits per heavy atom. The van der Waals surface area contributed by atoms with E-state index in [-0.39, 0.29) is 19.2 Å². The first-order valence-corrected chi connectivity index (χ1v) is 12.4. The Labute approximate surface area is 215 Å². The number of carboxylic acids is 1. The Kier molecular flexibility index (Phi) is 6.81. The summed E-state index contributed by atoms with van der Waals surface area (Å²) in [5.74, 6) is -1.14. The second-order valence-electron chi connectivity index (χ2n) is 9.47. The number of likely N-dealkylation sites (tertiary alicyclic amines) is 1. The number of rotatable bonds is 5. The number of benzene rings is 3. The summed E-state index contributed by atoms with van der Waals surface area (Å²) >= 11 is 0. The number of anilines is 2. The van der Waals surface area contributed by atoms with Crippen LogP contribution in [-0.2, 0) is 16.1 Å². The second kappa shape index (κ2) is 10.3. The Balaban J connectivity index is 1.40. The van der Waals surface area contributed by atoms with Crippen molar-refractivity contribution in [1.82, 2.24) is 9.80 Å². The van der Waals surface area contributed by atoms with E-state index in [2.05, 4.69) is 0 Å². The fourth-order valence-corrected chi connectivity index (χ4v) is 5.29. The van der Waals surface area contributed by atoms with Gasteiger partial charge in [0.1, 0.15) is 6.61 Å². The molecule has 3 aromatic carbocycles. The lowest BCUT2D eigenvalue weighted by molar-refractivity contribution is -0.146. The van der Waals surface area contributed by atoms with Gasteiger partial charge in [-0.05, 0) is 49.6 Å². The van der Waals surface area contributed by atoms with Gasteiger partial charge >= 0.3 is 18.1 Å². The molecule has 0 radical (unpaired) electrons.